The Kier molecular flexibility index (Phi) is 7.99. The van der Waals surface area contributed by atoms with Crippen molar-refractivity contribution < 1.29 is 24.3 Å². The van der Waals surface area contributed by atoms with Crippen LogP contribution in [0.1, 0.15) is 26.7 Å². The molecule has 0 rings (SSSR count). The molecule has 0 saturated heterocycles. The molecule has 120 valence electrons. The highest BCUT2D eigenvalue weighted by molar-refractivity contribution is 5.94. The number of aliphatic carboxylic acids is 1. The van der Waals surface area contributed by atoms with E-state index >= 15 is 0 Å². The maximum absolute atomic E-state index is 11.9. The fourth-order valence-corrected chi connectivity index (χ4v) is 1.48. The quantitative estimate of drug-likeness (QED) is 0.328. The Bertz CT molecular complexity index is 412. The van der Waals surface area contributed by atoms with Gasteiger partial charge in [-0.1, -0.05) is 20.3 Å². The van der Waals surface area contributed by atoms with Crippen LogP contribution in [0.15, 0.2) is 0 Å². The van der Waals surface area contributed by atoms with Crippen LogP contribution in [0.2, 0.25) is 0 Å². The Morgan fingerprint density at radius 1 is 1.19 bits per heavy atom. The second-order valence-electron chi connectivity index (χ2n) is 4.75. The summed E-state index contributed by atoms with van der Waals surface area (Å²) >= 11 is 0. The third-order valence-corrected chi connectivity index (χ3v) is 3.01. The molecule has 21 heavy (non-hydrogen) atoms. The summed E-state index contributed by atoms with van der Waals surface area (Å²) in [5.41, 5.74) is 10.7. The molecule has 0 aliphatic heterocycles. The molecule has 9 heteroatoms. The molecule has 9 nitrogen and oxygen atoms in total. The number of hydrogen-bond acceptors (Lipinski definition) is 5. The van der Waals surface area contributed by atoms with Crippen molar-refractivity contribution in [3.05, 3.63) is 0 Å². The molecule has 3 atom stereocenters. The van der Waals surface area contributed by atoms with Gasteiger partial charge in [-0.05, 0) is 5.92 Å². The van der Waals surface area contributed by atoms with Gasteiger partial charge in [-0.2, -0.15) is 0 Å². The van der Waals surface area contributed by atoms with E-state index in [0.717, 1.165) is 0 Å². The molecule has 0 bridgehead atoms. The minimum atomic E-state index is -1.25. The number of hydrogen-bond donors (Lipinski definition) is 5. The van der Waals surface area contributed by atoms with Crippen LogP contribution < -0.4 is 22.1 Å². The zero-order chi connectivity index (χ0) is 16.6. The van der Waals surface area contributed by atoms with Gasteiger partial charge in [-0.15, -0.1) is 0 Å². The molecule has 0 aliphatic carbocycles. The smallest absolute Gasteiger partial charge is 0.322 e. The van der Waals surface area contributed by atoms with Gasteiger partial charge >= 0.3 is 5.97 Å². The van der Waals surface area contributed by atoms with Crippen molar-refractivity contribution in [1.29, 1.82) is 0 Å². The highest BCUT2D eigenvalue weighted by atomic mass is 16.4. The lowest BCUT2D eigenvalue weighted by molar-refractivity contribution is -0.138. The van der Waals surface area contributed by atoms with Crippen LogP contribution in [-0.2, 0) is 19.2 Å². The first-order valence-electron chi connectivity index (χ1n) is 6.52. The first kappa shape index (κ1) is 18.8. The largest absolute Gasteiger partial charge is 0.480 e. The molecule has 0 aliphatic rings. The molecular formula is C12H22N4O5. The number of carbonyl (C=O) groups excluding carboxylic acids is 3. The number of carboxylic acids is 1. The lowest BCUT2D eigenvalue weighted by Crippen LogP contribution is -2.54. The van der Waals surface area contributed by atoms with Crippen LogP contribution in [0.5, 0.6) is 0 Å². The Morgan fingerprint density at radius 2 is 1.76 bits per heavy atom. The standard InChI is InChI=1S/C12H22N4O5/c1-3-6(2)10(14)12(21)16-7(4-8(13)17)11(20)15-5-9(18)19/h6-7,10H,3-5,14H2,1-2H3,(H2,13,17)(H,15,20)(H,16,21)(H,18,19). The third-order valence-electron chi connectivity index (χ3n) is 3.01. The van der Waals surface area contributed by atoms with Crippen molar-refractivity contribution in [2.45, 2.75) is 38.8 Å². The van der Waals surface area contributed by atoms with E-state index in [0.29, 0.717) is 6.42 Å². The number of rotatable bonds is 9. The fourth-order valence-electron chi connectivity index (χ4n) is 1.48. The third kappa shape index (κ3) is 7.25. The number of nitrogens with one attached hydrogen (secondary N) is 2. The van der Waals surface area contributed by atoms with Crippen molar-refractivity contribution in [3.63, 3.8) is 0 Å². The van der Waals surface area contributed by atoms with Gasteiger partial charge in [-0.25, -0.2) is 0 Å². The Balaban J connectivity index is 4.75. The van der Waals surface area contributed by atoms with Gasteiger partial charge in [0.05, 0.1) is 12.5 Å². The van der Waals surface area contributed by atoms with Crippen LogP contribution in [-0.4, -0.2) is 47.4 Å². The van der Waals surface area contributed by atoms with Crippen LogP contribution in [0, 0.1) is 5.92 Å². The van der Waals surface area contributed by atoms with Crippen molar-refractivity contribution in [2.24, 2.45) is 17.4 Å². The molecule has 0 fully saturated rings. The van der Waals surface area contributed by atoms with E-state index in [1.165, 1.54) is 0 Å². The van der Waals surface area contributed by atoms with Crippen LogP contribution in [0.3, 0.4) is 0 Å². The molecular weight excluding hydrogens is 280 g/mol. The van der Waals surface area contributed by atoms with E-state index in [1.54, 1.807) is 6.92 Å². The minimum Gasteiger partial charge on any atom is -0.480 e. The zero-order valence-electron chi connectivity index (χ0n) is 12.1. The lowest BCUT2D eigenvalue weighted by Gasteiger charge is -2.22. The summed E-state index contributed by atoms with van der Waals surface area (Å²) in [6.45, 7) is 3.01. The second-order valence-corrected chi connectivity index (χ2v) is 4.75. The van der Waals surface area contributed by atoms with E-state index in [1.807, 2.05) is 6.92 Å². The summed E-state index contributed by atoms with van der Waals surface area (Å²) in [6.07, 6.45) is 0.227. The Hall–Kier alpha value is -2.16. The van der Waals surface area contributed by atoms with Gasteiger partial charge < -0.3 is 27.2 Å². The summed E-state index contributed by atoms with van der Waals surface area (Å²) in [4.78, 5) is 45.0. The maximum atomic E-state index is 11.9. The summed E-state index contributed by atoms with van der Waals surface area (Å²) in [6, 6.07) is -2.08. The number of primary amides is 1. The highest BCUT2D eigenvalue weighted by Crippen LogP contribution is 2.06. The van der Waals surface area contributed by atoms with Gasteiger partial charge in [0.25, 0.3) is 0 Å². The SMILES string of the molecule is CCC(C)C(N)C(=O)NC(CC(N)=O)C(=O)NCC(=O)O. The second kappa shape index (κ2) is 8.90. The van der Waals surface area contributed by atoms with Crippen LogP contribution in [0.4, 0.5) is 0 Å². The molecule has 0 heterocycles. The predicted molar refractivity (Wildman–Crippen MR) is 73.8 cm³/mol. The number of carbonyl (C=O) groups is 4. The molecule has 0 aromatic heterocycles. The lowest BCUT2D eigenvalue weighted by atomic mass is 9.99. The average molecular weight is 302 g/mol. The minimum absolute atomic E-state index is 0.110. The molecule has 3 unspecified atom stereocenters. The van der Waals surface area contributed by atoms with E-state index in [4.69, 9.17) is 16.6 Å². The van der Waals surface area contributed by atoms with Gasteiger partial charge in [-0.3, -0.25) is 19.2 Å². The number of carboxylic acid groups (broad SMARTS) is 1. The van der Waals surface area contributed by atoms with Crippen molar-refractivity contribution in [1.82, 2.24) is 10.6 Å². The van der Waals surface area contributed by atoms with Crippen molar-refractivity contribution >= 4 is 23.7 Å². The van der Waals surface area contributed by atoms with E-state index < -0.39 is 48.7 Å². The zero-order valence-corrected chi connectivity index (χ0v) is 12.1. The van der Waals surface area contributed by atoms with Gasteiger partial charge in [0.15, 0.2) is 0 Å². The molecule has 0 aromatic rings. The maximum Gasteiger partial charge on any atom is 0.322 e. The normalized spacial score (nSPS) is 14.6. The predicted octanol–water partition coefficient (Wildman–Crippen LogP) is -2.08. The van der Waals surface area contributed by atoms with Crippen molar-refractivity contribution in [3.8, 4) is 0 Å². The highest BCUT2D eigenvalue weighted by Gasteiger charge is 2.27. The summed E-state index contributed by atoms with van der Waals surface area (Å²) in [7, 11) is 0. The number of amides is 3. The van der Waals surface area contributed by atoms with Crippen LogP contribution in [0.25, 0.3) is 0 Å². The molecule has 0 aromatic carbocycles. The average Bonchev–Trinajstić information content (AvgIpc) is 2.41. The first-order chi connectivity index (χ1) is 9.68. The number of nitrogens with two attached hydrogens (primary N) is 2. The molecule has 0 spiro atoms. The van der Waals surface area contributed by atoms with Gasteiger partial charge in [0.1, 0.15) is 12.6 Å². The summed E-state index contributed by atoms with van der Waals surface area (Å²) < 4.78 is 0. The molecule has 0 saturated carbocycles. The summed E-state index contributed by atoms with van der Waals surface area (Å²) in [5, 5.41) is 12.9. The first-order valence-corrected chi connectivity index (χ1v) is 6.52. The fraction of sp³-hybridized carbons (Fsp3) is 0.667. The van der Waals surface area contributed by atoms with Gasteiger partial charge in [0.2, 0.25) is 17.7 Å². The monoisotopic (exact) mass is 302 g/mol. The van der Waals surface area contributed by atoms with E-state index in [2.05, 4.69) is 10.6 Å². The van der Waals surface area contributed by atoms with E-state index in [9.17, 15) is 19.2 Å². The molecule has 3 amide bonds. The molecule has 7 N–H and O–H groups in total. The topological polar surface area (TPSA) is 165 Å². The van der Waals surface area contributed by atoms with Gasteiger partial charge in [0, 0.05) is 0 Å². The summed E-state index contributed by atoms with van der Waals surface area (Å²) in [5.74, 6) is -3.56. The van der Waals surface area contributed by atoms with Crippen LogP contribution >= 0.6 is 0 Å². The Morgan fingerprint density at radius 3 is 2.19 bits per heavy atom. The van der Waals surface area contributed by atoms with E-state index in [-0.39, 0.29) is 5.92 Å². The van der Waals surface area contributed by atoms with Crippen molar-refractivity contribution in [2.75, 3.05) is 6.54 Å². The molecule has 0 radical (unpaired) electrons. The Labute approximate surface area is 122 Å².